The molecule has 8 heteroatoms. The number of nitrogens with one attached hydrogen (secondary N) is 2. The number of sulfone groups is 1. The number of thiophene rings is 1. The van der Waals surface area contributed by atoms with Gasteiger partial charge in [0.1, 0.15) is 10.7 Å². The van der Waals surface area contributed by atoms with Crippen molar-refractivity contribution in [3.63, 3.8) is 0 Å². The number of benzene rings is 1. The molecule has 1 aromatic heterocycles. The second-order valence-electron chi connectivity index (χ2n) is 4.36. The van der Waals surface area contributed by atoms with Crippen molar-refractivity contribution in [1.82, 2.24) is 5.32 Å². The van der Waals surface area contributed by atoms with Crippen molar-refractivity contribution in [2.75, 3.05) is 11.6 Å². The molecular formula is C13H13FN2O3S2. The number of rotatable bonds is 4. The fourth-order valence-corrected chi connectivity index (χ4v) is 3.03. The minimum atomic E-state index is -3.62. The number of carbonyl (C=O) groups is 1. The number of amides is 2. The van der Waals surface area contributed by atoms with Gasteiger partial charge in [0.25, 0.3) is 0 Å². The van der Waals surface area contributed by atoms with E-state index in [0.717, 1.165) is 24.0 Å². The Hall–Kier alpha value is -1.93. The number of carbonyl (C=O) groups excluding carboxylic acids is 1. The summed E-state index contributed by atoms with van der Waals surface area (Å²) in [6.07, 6.45) is 0.923. The molecule has 2 amide bonds. The summed E-state index contributed by atoms with van der Waals surface area (Å²) in [6.45, 7) is 0.360. The van der Waals surface area contributed by atoms with Gasteiger partial charge in [-0.2, -0.15) is 11.3 Å². The van der Waals surface area contributed by atoms with Crippen molar-refractivity contribution in [2.45, 2.75) is 11.4 Å². The van der Waals surface area contributed by atoms with Gasteiger partial charge in [-0.3, -0.25) is 0 Å². The van der Waals surface area contributed by atoms with Crippen LogP contribution >= 0.6 is 11.3 Å². The average molecular weight is 328 g/mol. The van der Waals surface area contributed by atoms with Gasteiger partial charge >= 0.3 is 6.03 Å². The Kier molecular flexibility index (Phi) is 4.59. The summed E-state index contributed by atoms with van der Waals surface area (Å²) in [7, 11) is -3.62. The van der Waals surface area contributed by atoms with Gasteiger partial charge in [0, 0.05) is 18.5 Å². The zero-order valence-electron chi connectivity index (χ0n) is 11.1. The number of hydrogen-bond donors (Lipinski definition) is 2. The molecule has 0 aliphatic carbocycles. The molecule has 2 aromatic rings. The molecule has 112 valence electrons. The highest BCUT2D eigenvalue weighted by Gasteiger charge is 2.14. The Labute approximate surface area is 125 Å². The number of anilines is 1. The summed E-state index contributed by atoms with van der Waals surface area (Å²) in [4.78, 5) is 11.2. The molecule has 0 radical (unpaired) electrons. The van der Waals surface area contributed by atoms with Crippen LogP contribution in [-0.2, 0) is 16.4 Å². The molecule has 0 saturated carbocycles. The Morgan fingerprint density at radius 1 is 1.33 bits per heavy atom. The predicted octanol–water partition coefficient (Wildman–Crippen LogP) is 2.61. The molecule has 0 spiro atoms. The number of hydrogen-bond acceptors (Lipinski definition) is 4. The summed E-state index contributed by atoms with van der Waals surface area (Å²) >= 11 is 1.52. The maximum atomic E-state index is 13.7. The molecule has 0 bridgehead atoms. The van der Waals surface area contributed by atoms with Gasteiger partial charge in [-0.05, 0) is 40.6 Å². The maximum Gasteiger partial charge on any atom is 0.319 e. The molecule has 1 heterocycles. The standard InChI is InChI=1S/C13H13FN2O3S2/c1-21(18,19)12-3-2-10(6-11(12)14)16-13(17)15-7-9-4-5-20-8-9/h2-6,8H,7H2,1H3,(H2,15,16,17). The van der Waals surface area contributed by atoms with Gasteiger partial charge in [-0.1, -0.05) is 0 Å². The number of halogens is 1. The molecule has 0 aliphatic heterocycles. The summed E-state index contributed by atoms with van der Waals surface area (Å²) in [6, 6.07) is 4.82. The summed E-state index contributed by atoms with van der Waals surface area (Å²) in [5, 5.41) is 8.86. The molecule has 2 rings (SSSR count). The van der Waals surface area contributed by atoms with Gasteiger partial charge in [0.05, 0.1) is 0 Å². The largest absolute Gasteiger partial charge is 0.334 e. The highest BCUT2D eigenvalue weighted by Crippen LogP contribution is 2.18. The topological polar surface area (TPSA) is 75.3 Å². The highest BCUT2D eigenvalue weighted by molar-refractivity contribution is 7.90. The van der Waals surface area contributed by atoms with E-state index in [1.165, 1.54) is 17.4 Å². The first kappa shape index (κ1) is 15.5. The lowest BCUT2D eigenvalue weighted by atomic mass is 10.3. The minimum absolute atomic E-state index is 0.183. The van der Waals surface area contributed by atoms with Crippen LogP contribution in [0.3, 0.4) is 0 Å². The van der Waals surface area contributed by atoms with Crippen LogP contribution in [0.15, 0.2) is 39.9 Å². The lowest BCUT2D eigenvalue weighted by molar-refractivity contribution is 0.251. The molecule has 5 nitrogen and oxygen atoms in total. The first-order valence-corrected chi connectivity index (χ1v) is 8.75. The van der Waals surface area contributed by atoms with Crippen LogP contribution in [0.5, 0.6) is 0 Å². The fourth-order valence-electron chi connectivity index (χ4n) is 1.63. The molecule has 0 aliphatic rings. The van der Waals surface area contributed by atoms with E-state index in [4.69, 9.17) is 0 Å². The van der Waals surface area contributed by atoms with Crippen molar-refractivity contribution in [3.8, 4) is 0 Å². The van der Waals surface area contributed by atoms with E-state index in [1.54, 1.807) is 0 Å². The zero-order chi connectivity index (χ0) is 15.5. The first-order valence-electron chi connectivity index (χ1n) is 5.92. The normalized spacial score (nSPS) is 11.1. The Morgan fingerprint density at radius 2 is 2.10 bits per heavy atom. The summed E-state index contributed by atoms with van der Waals surface area (Å²) in [5.74, 6) is -0.895. The lowest BCUT2D eigenvalue weighted by Crippen LogP contribution is -2.28. The Balaban J connectivity index is 2.00. The van der Waals surface area contributed by atoms with E-state index in [0.29, 0.717) is 6.54 Å². The second kappa shape index (κ2) is 6.23. The van der Waals surface area contributed by atoms with Crippen molar-refractivity contribution in [2.24, 2.45) is 0 Å². The molecule has 0 unspecified atom stereocenters. The van der Waals surface area contributed by atoms with Crippen LogP contribution in [0.2, 0.25) is 0 Å². The van der Waals surface area contributed by atoms with Gasteiger partial charge in [-0.15, -0.1) is 0 Å². The van der Waals surface area contributed by atoms with Crippen molar-refractivity contribution in [1.29, 1.82) is 0 Å². The van der Waals surface area contributed by atoms with Crippen molar-refractivity contribution >= 4 is 32.9 Å². The molecule has 0 atom stereocenters. The number of urea groups is 1. The maximum absolute atomic E-state index is 13.7. The van der Waals surface area contributed by atoms with E-state index in [-0.39, 0.29) is 5.69 Å². The van der Waals surface area contributed by atoms with Crippen molar-refractivity contribution in [3.05, 3.63) is 46.4 Å². The molecule has 2 N–H and O–H groups in total. The Morgan fingerprint density at radius 3 is 2.67 bits per heavy atom. The van der Waals surface area contributed by atoms with Crippen LogP contribution in [0.4, 0.5) is 14.9 Å². The first-order chi connectivity index (χ1) is 9.86. The third kappa shape index (κ3) is 4.27. The third-order valence-electron chi connectivity index (χ3n) is 2.62. The fraction of sp³-hybridized carbons (Fsp3) is 0.154. The zero-order valence-corrected chi connectivity index (χ0v) is 12.7. The summed E-state index contributed by atoms with van der Waals surface area (Å²) < 4.78 is 36.2. The SMILES string of the molecule is CS(=O)(=O)c1ccc(NC(=O)NCc2ccsc2)cc1F. The highest BCUT2D eigenvalue weighted by atomic mass is 32.2. The van der Waals surface area contributed by atoms with Crippen molar-refractivity contribution < 1.29 is 17.6 Å². The van der Waals surface area contributed by atoms with Gasteiger partial charge < -0.3 is 10.6 Å². The van der Waals surface area contributed by atoms with E-state index < -0.39 is 26.6 Å². The van der Waals surface area contributed by atoms with Crippen LogP contribution < -0.4 is 10.6 Å². The average Bonchev–Trinajstić information content (AvgIpc) is 2.88. The van der Waals surface area contributed by atoms with E-state index in [9.17, 15) is 17.6 Å². The van der Waals surface area contributed by atoms with Gasteiger partial charge in [-0.25, -0.2) is 17.6 Å². The van der Waals surface area contributed by atoms with Gasteiger partial charge in [0.15, 0.2) is 9.84 Å². The van der Waals surface area contributed by atoms with Gasteiger partial charge in [0.2, 0.25) is 0 Å². The molecule has 21 heavy (non-hydrogen) atoms. The van der Waals surface area contributed by atoms with Crippen LogP contribution in [0.25, 0.3) is 0 Å². The molecule has 0 saturated heterocycles. The second-order valence-corrected chi connectivity index (χ2v) is 7.12. The molecule has 0 fully saturated rings. The van der Waals surface area contributed by atoms with Crippen LogP contribution in [0, 0.1) is 5.82 Å². The van der Waals surface area contributed by atoms with E-state index >= 15 is 0 Å². The monoisotopic (exact) mass is 328 g/mol. The minimum Gasteiger partial charge on any atom is -0.334 e. The third-order valence-corrected chi connectivity index (χ3v) is 4.48. The summed E-state index contributed by atoms with van der Waals surface area (Å²) in [5.41, 5.74) is 1.15. The quantitative estimate of drug-likeness (QED) is 0.906. The molecular weight excluding hydrogens is 315 g/mol. The smallest absolute Gasteiger partial charge is 0.319 e. The van der Waals surface area contributed by atoms with Crippen LogP contribution in [-0.4, -0.2) is 20.7 Å². The Bertz CT molecular complexity index is 743. The molecule has 1 aromatic carbocycles. The van der Waals surface area contributed by atoms with Crippen LogP contribution in [0.1, 0.15) is 5.56 Å². The van der Waals surface area contributed by atoms with E-state index in [2.05, 4.69) is 10.6 Å². The van der Waals surface area contributed by atoms with E-state index in [1.807, 2.05) is 16.8 Å². The lowest BCUT2D eigenvalue weighted by Gasteiger charge is -2.08. The predicted molar refractivity (Wildman–Crippen MR) is 79.7 cm³/mol.